The number of thioether (sulfide) groups is 1. The molecule has 1 aromatic rings. The normalized spacial score (nSPS) is 11.4. The minimum absolute atomic E-state index is 0.864. The van der Waals surface area contributed by atoms with Crippen LogP contribution in [0.4, 0.5) is 0 Å². The molecule has 0 N–H and O–H groups in total. The quantitative estimate of drug-likeness (QED) is 0.534. The first-order chi connectivity index (χ1) is 6.33. The first-order valence-electron chi connectivity index (χ1n) is 4.09. The lowest BCUT2D eigenvalue weighted by molar-refractivity contribution is 0.344. The molecule has 1 radical (unpaired) electrons. The van der Waals surface area contributed by atoms with Crippen molar-refractivity contribution in [1.82, 2.24) is 0 Å². The highest BCUT2D eigenvalue weighted by Gasteiger charge is 1.90. The van der Waals surface area contributed by atoms with Gasteiger partial charge in [-0.2, -0.15) is 0 Å². The predicted octanol–water partition coefficient (Wildman–Crippen LogP) is 3.49. The third-order valence-corrected chi connectivity index (χ3v) is 2.53. The van der Waals surface area contributed by atoms with Crippen LogP contribution < -0.4 is 0 Å². The standard InChI is InChI=1S/C11H13OS/c1-10(12-2)8-9-13-11-6-4-3-5-7-11/h3-8H,2,9H2,1H3/b10-8+. The third-order valence-electron chi connectivity index (χ3n) is 1.59. The van der Waals surface area contributed by atoms with Gasteiger partial charge in [-0.15, -0.1) is 11.8 Å². The summed E-state index contributed by atoms with van der Waals surface area (Å²) in [6, 6.07) is 10.3. The molecule has 2 heteroatoms. The largest absolute Gasteiger partial charge is 0.495 e. The molecule has 0 aliphatic rings. The molecule has 0 aliphatic heterocycles. The van der Waals surface area contributed by atoms with Gasteiger partial charge >= 0.3 is 0 Å². The van der Waals surface area contributed by atoms with Crippen molar-refractivity contribution in [2.45, 2.75) is 11.8 Å². The van der Waals surface area contributed by atoms with E-state index in [4.69, 9.17) is 4.74 Å². The molecule has 0 heterocycles. The second-order valence-corrected chi connectivity index (χ2v) is 3.68. The molecule has 1 nitrogen and oxygen atoms in total. The molecule has 0 atom stereocenters. The Morgan fingerprint density at radius 1 is 1.46 bits per heavy atom. The van der Waals surface area contributed by atoms with Gasteiger partial charge < -0.3 is 4.74 Å². The number of allylic oxidation sites excluding steroid dienone is 1. The Labute approximate surface area is 83.8 Å². The molecule has 1 rings (SSSR count). The highest BCUT2D eigenvalue weighted by Crippen LogP contribution is 2.17. The second-order valence-electron chi connectivity index (χ2n) is 2.58. The molecule has 0 amide bonds. The minimum atomic E-state index is 0.864. The topological polar surface area (TPSA) is 9.23 Å². The van der Waals surface area contributed by atoms with Crippen LogP contribution >= 0.6 is 11.8 Å². The van der Waals surface area contributed by atoms with Crippen molar-refractivity contribution in [3.63, 3.8) is 0 Å². The van der Waals surface area contributed by atoms with Crippen LogP contribution in [0.3, 0.4) is 0 Å². The second kappa shape index (κ2) is 5.70. The van der Waals surface area contributed by atoms with Crippen LogP contribution in [0.5, 0.6) is 0 Å². The van der Waals surface area contributed by atoms with Crippen molar-refractivity contribution in [3.05, 3.63) is 49.3 Å². The maximum Gasteiger partial charge on any atom is 0.122 e. The maximum atomic E-state index is 4.79. The summed E-state index contributed by atoms with van der Waals surface area (Å²) in [5.41, 5.74) is 0. The lowest BCUT2D eigenvalue weighted by atomic mass is 10.4. The number of hydrogen-bond donors (Lipinski definition) is 0. The van der Waals surface area contributed by atoms with Gasteiger partial charge in [-0.1, -0.05) is 18.2 Å². The molecule has 0 spiro atoms. The van der Waals surface area contributed by atoms with Gasteiger partial charge in [0.2, 0.25) is 0 Å². The van der Waals surface area contributed by atoms with E-state index >= 15 is 0 Å². The van der Waals surface area contributed by atoms with E-state index in [0.717, 1.165) is 11.5 Å². The van der Waals surface area contributed by atoms with Gasteiger partial charge in [0, 0.05) is 10.6 Å². The summed E-state index contributed by atoms with van der Waals surface area (Å²) < 4.78 is 4.79. The molecule has 0 fully saturated rings. The zero-order valence-electron chi connectivity index (χ0n) is 7.69. The Balaban J connectivity index is 2.36. The monoisotopic (exact) mass is 193 g/mol. The van der Waals surface area contributed by atoms with Crippen LogP contribution in [0, 0.1) is 7.11 Å². The highest BCUT2D eigenvalue weighted by molar-refractivity contribution is 7.99. The van der Waals surface area contributed by atoms with Crippen molar-refractivity contribution in [3.8, 4) is 0 Å². The Morgan fingerprint density at radius 3 is 2.77 bits per heavy atom. The Hall–Kier alpha value is -0.890. The summed E-state index contributed by atoms with van der Waals surface area (Å²) in [4.78, 5) is 1.27. The molecule has 0 saturated carbocycles. The molecule has 69 valence electrons. The molecule has 0 saturated heterocycles. The van der Waals surface area contributed by atoms with Crippen molar-refractivity contribution in [2.24, 2.45) is 0 Å². The van der Waals surface area contributed by atoms with E-state index in [-0.39, 0.29) is 0 Å². The number of ether oxygens (including phenoxy) is 1. The van der Waals surface area contributed by atoms with Crippen LogP contribution in [-0.2, 0) is 4.74 Å². The van der Waals surface area contributed by atoms with Crippen LogP contribution in [0.2, 0.25) is 0 Å². The van der Waals surface area contributed by atoms with Gasteiger partial charge in [0.05, 0.1) is 5.76 Å². The van der Waals surface area contributed by atoms with Gasteiger partial charge in [0.1, 0.15) is 7.11 Å². The SMILES string of the molecule is [CH2]O/C(C)=C/CSc1ccccc1. The molecule has 13 heavy (non-hydrogen) atoms. The fourth-order valence-electron chi connectivity index (χ4n) is 0.831. The van der Waals surface area contributed by atoms with Crippen LogP contribution in [0.1, 0.15) is 6.92 Å². The number of benzene rings is 1. The minimum Gasteiger partial charge on any atom is -0.495 e. The summed E-state index contributed by atoms with van der Waals surface area (Å²) >= 11 is 1.78. The van der Waals surface area contributed by atoms with E-state index in [0.29, 0.717) is 0 Å². The van der Waals surface area contributed by atoms with E-state index < -0.39 is 0 Å². The summed E-state index contributed by atoms with van der Waals surface area (Å²) in [5.74, 6) is 1.79. The van der Waals surface area contributed by atoms with E-state index in [9.17, 15) is 0 Å². The van der Waals surface area contributed by atoms with Crippen LogP contribution in [0.15, 0.2) is 47.1 Å². The molecular weight excluding hydrogens is 180 g/mol. The summed E-state index contributed by atoms with van der Waals surface area (Å²) in [6.45, 7) is 1.90. The molecule has 1 aromatic carbocycles. The number of hydrogen-bond acceptors (Lipinski definition) is 2. The predicted molar refractivity (Wildman–Crippen MR) is 57.4 cm³/mol. The fraction of sp³-hybridized carbons (Fsp3) is 0.182. The summed E-state index contributed by atoms with van der Waals surface area (Å²) in [7, 11) is 3.33. The zero-order chi connectivity index (χ0) is 9.52. The van der Waals surface area contributed by atoms with Crippen molar-refractivity contribution >= 4 is 11.8 Å². The van der Waals surface area contributed by atoms with Crippen LogP contribution in [0.25, 0.3) is 0 Å². The smallest absolute Gasteiger partial charge is 0.122 e. The molecule has 0 unspecified atom stereocenters. The lowest BCUT2D eigenvalue weighted by Crippen LogP contribution is -1.79. The molecule has 0 bridgehead atoms. The molecule has 0 aromatic heterocycles. The van der Waals surface area contributed by atoms with Gasteiger partial charge in [0.25, 0.3) is 0 Å². The van der Waals surface area contributed by atoms with E-state index in [1.807, 2.05) is 31.2 Å². The van der Waals surface area contributed by atoms with Gasteiger partial charge in [0.15, 0.2) is 0 Å². The van der Waals surface area contributed by atoms with E-state index in [2.05, 4.69) is 19.2 Å². The maximum absolute atomic E-state index is 4.79. The fourth-order valence-corrected chi connectivity index (χ4v) is 1.69. The number of rotatable bonds is 4. The Kier molecular flexibility index (Phi) is 4.47. The van der Waals surface area contributed by atoms with Crippen molar-refractivity contribution in [1.29, 1.82) is 0 Å². The van der Waals surface area contributed by atoms with Crippen molar-refractivity contribution in [2.75, 3.05) is 5.75 Å². The Morgan fingerprint density at radius 2 is 2.15 bits per heavy atom. The molecule has 0 aliphatic carbocycles. The average Bonchev–Trinajstić information content (AvgIpc) is 2.19. The summed E-state index contributed by atoms with van der Waals surface area (Å²) in [6.07, 6.45) is 2.02. The van der Waals surface area contributed by atoms with Crippen LogP contribution in [-0.4, -0.2) is 5.75 Å². The first-order valence-corrected chi connectivity index (χ1v) is 5.08. The van der Waals surface area contributed by atoms with Crippen molar-refractivity contribution < 1.29 is 4.74 Å². The zero-order valence-corrected chi connectivity index (χ0v) is 8.51. The molecular formula is C11H13OS. The van der Waals surface area contributed by atoms with E-state index in [1.165, 1.54) is 4.90 Å². The Bertz CT molecular complexity index is 267. The van der Waals surface area contributed by atoms with Gasteiger partial charge in [-0.25, -0.2) is 0 Å². The van der Waals surface area contributed by atoms with Gasteiger partial charge in [-0.05, 0) is 25.1 Å². The summed E-state index contributed by atoms with van der Waals surface area (Å²) in [5, 5.41) is 0. The average molecular weight is 193 g/mol. The van der Waals surface area contributed by atoms with Gasteiger partial charge in [-0.3, -0.25) is 0 Å². The van der Waals surface area contributed by atoms with E-state index in [1.54, 1.807) is 11.8 Å². The lowest BCUT2D eigenvalue weighted by Gasteiger charge is -1.99. The third kappa shape index (κ3) is 4.04. The highest BCUT2D eigenvalue weighted by atomic mass is 32.2. The first kappa shape index (κ1) is 10.2.